The van der Waals surface area contributed by atoms with Gasteiger partial charge in [-0.3, -0.25) is 0 Å². The number of aliphatic imine (C=N–C) groups is 2. The second-order valence-electron chi connectivity index (χ2n) is 1.40. The molecule has 0 fully saturated rings. The average molecular weight is 111 g/mol. The zero-order valence-electron chi connectivity index (χ0n) is 4.16. The van der Waals surface area contributed by atoms with Gasteiger partial charge >= 0.3 is 6.03 Å². The molecule has 0 bridgehead atoms. The van der Waals surface area contributed by atoms with Crippen molar-refractivity contribution in [2.24, 2.45) is 15.7 Å². The number of urea groups is 1. The summed E-state index contributed by atoms with van der Waals surface area (Å²) in [5.74, 6) is 0.338. The second-order valence-corrected chi connectivity index (χ2v) is 1.40. The van der Waals surface area contributed by atoms with Gasteiger partial charge in [-0.2, -0.15) is 4.99 Å². The highest BCUT2D eigenvalue weighted by molar-refractivity contribution is 6.05. The van der Waals surface area contributed by atoms with Gasteiger partial charge in [0, 0.05) is 12.6 Å². The number of nitrogens with zero attached hydrogens (tertiary/aromatic N) is 2. The molecule has 42 valence electrons. The summed E-state index contributed by atoms with van der Waals surface area (Å²) in [6, 6.07) is -0.506. The van der Waals surface area contributed by atoms with E-state index in [4.69, 9.17) is 5.73 Å². The number of nitrogens with two attached hydrogens (primary N) is 1. The van der Waals surface area contributed by atoms with E-state index in [1.165, 1.54) is 6.21 Å². The van der Waals surface area contributed by atoms with E-state index in [0.29, 0.717) is 12.3 Å². The van der Waals surface area contributed by atoms with Crippen LogP contribution in [0.1, 0.15) is 6.42 Å². The summed E-state index contributed by atoms with van der Waals surface area (Å²) in [5, 5.41) is 0. The lowest BCUT2D eigenvalue weighted by Crippen LogP contribution is -2.16. The Balaban J connectivity index is 2.74. The van der Waals surface area contributed by atoms with Gasteiger partial charge in [0.1, 0.15) is 5.84 Å². The van der Waals surface area contributed by atoms with E-state index in [9.17, 15) is 4.79 Å². The van der Waals surface area contributed by atoms with Crippen molar-refractivity contribution in [1.82, 2.24) is 0 Å². The standard InChI is InChI=1S/C4H5N3O/c5-3-1-2-6-4(8)7-3/h2H,1H2,(H2,5,7,8). The summed E-state index contributed by atoms with van der Waals surface area (Å²) in [7, 11) is 0. The van der Waals surface area contributed by atoms with Crippen LogP contribution in [0.2, 0.25) is 0 Å². The molecule has 0 spiro atoms. The van der Waals surface area contributed by atoms with Gasteiger partial charge < -0.3 is 5.73 Å². The first-order valence-electron chi connectivity index (χ1n) is 2.18. The highest BCUT2D eigenvalue weighted by Crippen LogP contribution is 1.89. The summed E-state index contributed by atoms with van der Waals surface area (Å²) in [4.78, 5) is 16.9. The quantitative estimate of drug-likeness (QED) is 0.475. The van der Waals surface area contributed by atoms with Gasteiger partial charge in [-0.25, -0.2) is 9.79 Å². The Morgan fingerprint density at radius 1 is 1.75 bits per heavy atom. The topological polar surface area (TPSA) is 67.8 Å². The molecule has 4 heteroatoms. The fourth-order valence-corrected chi connectivity index (χ4v) is 0.415. The third kappa shape index (κ3) is 0.900. The highest BCUT2D eigenvalue weighted by atomic mass is 16.2. The third-order valence-electron chi connectivity index (χ3n) is 0.741. The minimum atomic E-state index is -0.506. The van der Waals surface area contributed by atoms with E-state index in [1.54, 1.807) is 0 Å². The van der Waals surface area contributed by atoms with Gasteiger partial charge in [0.25, 0.3) is 0 Å². The number of amides is 2. The number of carbonyl (C=O) groups is 1. The summed E-state index contributed by atoms with van der Waals surface area (Å²) in [5.41, 5.74) is 5.16. The molecule has 0 radical (unpaired) electrons. The Hall–Kier alpha value is -1.19. The number of amidine groups is 1. The van der Waals surface area contributed by atoms with Gasteiger partial charge in [-0.1, -0.05) is 0 Å². The lowest BCUT2D eigenvalue weighted by Gasteiger charge is -1.95. The van der Waals surface area contributed by atoms with Crippen LogP contribution in [0.5, 0.6) is 0 Å². The molecule has 0 saturated heterocycles. The molecule has 1 aliphatic rings. The maximum atomic E-state index is 10.2. The van der Waals surface area contributed by atoms with E-state index >= 15 is 0 Å². The molecule has 8 heavy (non-hydrogen) atoms. The summed E-state index contributed by atoms with van der Waals surface area (Å²) in [6.45, 7) is 0. The normalized spacial score (nSPS) is 18.5. The van der Waals surface area contributed by atoms with Gasteiger partial charge in [0.2, 0.25) is 0 Å². The Kier molecular flexibility index (Phi) is 1.07. The predicted molar refractivity (Wildman–Crippen MR) is 30.1 cm³/mol. The molecular weight excluding hydrogens is 106 g/mol. The second kappa shape index (κ2) is 1.73. The van der Waals surface area contributed by atoms with Crippen molar-refractivity contribution < 1.29 is 4.79 Å². The summed E-state index contributed by atoms with van der Waals surface area (Å²) >= 11 is 0. The third-order valence-corrected chi connectivity index (χ3v) is 0.741. The fraction of sp³-hybridized carbons (Fsp3) is 0.250. The van der Waals surface area contributed by atoms with Crippen LogP contribution in [-0.4, -0.2) is 18.1 Å². The van der Waals surface area contributed by atoms with Crippen LogP contribution >= 0.6 is 0 Å². The maximum Gasteiger partial charge on any atom is 0.368 e. The van der Waals surface area contributed by atoms with Crippen LogP contribution in [0.25, 0.3) is 0 Å². The minimum absolute atomic E-state index is 0.338. The van der Waals surface area contributed by atoms with Crippen LogP contribution < -0.4 is 5.73 Å². The van der Waals surface area contributed by atoms with Crippen LogP contribution in [-0.2, 0) is 0 Å². The molecule has 1 aliphatic heterocycles. The van der Waals surface area contributed by atoms with E-state index in [1.807, 2.05) is 0 Å². The van der Waals surface area contributed by atoms with Crippen molar-refractivity contribution in [1.29, 1.82) is 0 Å². The van der Waals surface area contributed by atoms with Crippen LogP contribution in [0.4, 0.5) is 4.79 Å². The van der Waals surface area contributed by atoms with E-state index in [0.717, 1.165) is 0 Å². The zero-order valence-corrected chi connectivity index (χ0v) is 4.16. The summed E-state index contributed by atoms with van der Waals surface area (Å²) < 4.78 is 0. The molecule has 0 aliphatic carbocycles. The number of hydrogen-bond acceptors (Lipinski definition) is 2. The van der Waals surface area contributed by atoms with Crippen molar-refractivity contribution in [3.63, 3.8) is 0 Å². The molecule has 0 atom stereocenters. The molecule has 2 N–H and O–H groups in total. The molecule has 0 aromatic rings. The molecule has 0 aromatic heterocycles. The SMILES string of the molecule is NC1=NC(=O)N=CC1. The molecule has 1 heterocycles. The Morgan fingerprint density at radius 2 is 2.50 bits per heavy atom. The van der Waals surface area contributed by atoms with E-state index < -0.39 is 6.03 Å². The number of hydrogen-bond donors (Lipinski definition) is 1. The van der Waals surface area contributed by atoms with Crippen molar-refractivity contribution >= 4 is 18.1 Å². The summed E-state index contributed by atoms with van der Waals surface area (Å²) in [6.07, 6.45) is 1.94. The van der Waals surface area contributed by atoms with Crippen molar-refractivity contribution in [2.45, 2.75) is 6.42 Å². The van der Waals surface area contributed by atoms with Crippen molar-refractivity contribution in [3.8, 4) is 0 Å². The van der Waals surface area contributed by atoms with Gasteiger partial charge in [-0.15, -0.1) is 0 Å². The smallest absolute Gasteiger partial charge is 0.368 e. The highest BCUT2D eigenvalue weighted by Gasteiger charge is 2.00. The van der Waals surface area contributed by atoms with E-state index in [2.05, 4.69) is 9.98 Å². The molecule has 0 aromatic carbocycles. The zero-order chi connectivity index (χ0) is 5.98. The largest absolute Gasteiger partial charge is 0.387 e. The van der Waals surface area contributed by atoms with Crippen molar-refractivity contribution in [3.05, 3.63) is 0 Å². The lowest BCUT2D eigenvalue weighted by molar-refractivity contribution is 0.257. The first kappa shape index (κ1) is 4.96. The monoisotopic (exact) mass is 111 g/mol. The predicted octanol–water partition coefficient (Wildman–Crippen LogP) is -0.0619. The van der Waals surface area contributed by atoms with Crippen molar-refractivity contribution in [2.75, 3.05) is 0 Å². The lowest BCUT2D eigenvalue weighted by atomic mass is 10.4. The van der Waals surface area contributed by atoms with Gasteiger partial charge in [0.15, 0.2) is 0 Å². The van der Waals surface area contributed by atoms with Gasteiger partial charge in [0.05, 0.1) is 0 Å². The van der Waals surface area contributed by atoms with Crippen LogP contribution in [0, 0.1) is 0 Å². The molecule has 2 amide bonds. The Morgan fingerprint density at radius 3 is 2.88 bits per heavy atom. The first-order valence-corrected chi connectivity index (χ1v) is 2.18. The van der Waals surface area contributed by atoms with Gasteiger partial charge in [-0.05, 0) is 0 Å². The van der Waals surface area contributed by atoms with Crippen LogP contribution in [0.3, 0.4) is 0 Å². The molecule has 0 saturated carbocycles. The molecule has 4 nitrogen and oxygen atoms in total. The first-order chi connectivity index (χ1) is 3.79. The minimum Gasteiger partial charge on any atom is -0.387 e. The molecule has 0 unspecified atom stereocenters. The maximum absolute atomic E-state index is 10.2. The number of carbonyl (C=O) groups excluding carboxylic acids is 1. The van der Waals surface area contributed by atoms with Crippen LogP contribution in [0.15, 0.2) is 9.98 Å². The van der Waals surface area contributed by atoms with E-state index in [-0.39, 0.29) is 0 Å². The Labute approximate surface area is 46.1 Å². The molecule has 1 rings (SSSR count). The fourth-order valence-electron chi connectivity index (χ4n) is 0.415. The molecular formula is C4H5N3O. The number of rotatable bonds is 0. The Bertz CT molecular complexity index is 170. The average Bonchev–Trinajstić information content (AvgIpc) is 1.64.